The van der Waals surface area contributed by atoms with Gasteiger partial charge in [0.15, 0.2) is 0 Å². The molecule has 3 heterocycles. The summed E-state index contributed by atoms with van der Waals surface area (Å²) in [6.07, 6.45) is 8.99. The molecule has 2 aromatic rings. The van der Waals surface area contributed by atoms with Crippen molar-refractivity contribution in [2.75, 3.05) is 18.4 Å². The minimum absolute atomic E-state index is 0.0636. The SMILES string of the molecule is O=C(c1cnn2ccncc12)N1CCCC(CBr)C1. The first-order valence-electron chi connectivity index (χ1n) is 6.42. The van der Waals surface area contributed by atoms with Crippen LogP contribution in [0.5, 0.6) is 0 Å². The molecule has 1 aliphatic heterocycles. The lowest BCUT2D eigenvalue weighted by Crippen LogP contribution is -2.40. The van der Waals surface area contributed by atoms with Gasteiger partial charge in [0.1, 0.15) is 0 Å². The Morgan fingerprint density at radius 2 is 2.37 bits per heavy atom. The van der Waals surface area contributed by atoms with E-state index in [4.69, 9.17) is 0 Å². The molecule has 2 aromatic heterocycles. The van der Waals surface area contributed by atoms with E-state index in [1.165, 1.54) is 6.42 Å². The molecule has 6 heteroatoms. The molecule has 1 atom stereocenters. The first-order chi connectivity index (χ1) is 9.29. The molecular weight excluding hydrogens is 308 g/mol. The maximum absolute atomic E-state index is 12.6. The fourth-order valence-electron chi connectivity index (χ4n) is 2.55. The van der Waals surface area contributed by atoms with E-state index in [0.717, 1.165) is 30.4 Å². The van der Waals surface area contributed by atoms with E-state index in [0.29, 0.717) is 11.5 Å². The number of nitrogens with zero attached hydrogens (tertiary/aromatic N) is 4. The molecule has 100 valence electrons. The number of fused-ring (bicyclic) bond motifs is 1. The quantitative estimate of drug-likeness (QED) is 0.794. The summed E-state index contributed by atoms with van der Waals surface area (Å²) < 4.78 is 1.69. The first kappa shape index (κ1) is 12.6. The Labute approximate surface area is 119 Å². The van der Waals surface area contributed by atoms with Crippen LogP contribution < -0.4 is 0 Å². The van der Waals surface area contributed by atoms with E-state index in [1.54, 1.807) is 29.3 Å². The van der Waals surface area contributed by atoms with Gasteiger partial charge in [0.25, 0.3) is 5.91 Å². The van der Waals surface area contributed by atoms with Gasteiger partial charge in [-0.3, -0.25) is 9.78 Å². The molecule has 1 saturated heterocycles. The summed E-state index contributed by atoms with van der Waals surface area (Å²) in [6, 6.07) is 0. The van der Waals surface area contributed by atoms with E-state index in [2.05, 4.69) is 26.0 Å². The van der Waals surface area contributed by atoms with Crippen LogP contribution in [0.25, 0.3) is 5.52 Å². The summed E-state index contributed by atoms with van der Waals surface area (Å²) in [5.74, 6) is 0.617. The highest BCUT2D eigenvalue weighted by atomic mass is 79.9. The maximum atomic E-state index is 12.6. The molecule has 0 N–H and O–H groups in total. The predicted molar refractivity (Wildman–Crippen MR) is 75.4 cm³/mol. The molecule has 0 bridgehead atoms. The fraction of sp³-hybridized carbons (Fsp3) is 0.462. The Kier molecular flexibility index (Phi) is 3.50. The number of halogens is 1. The number of hydrogen-bond acceptors (Lipinski definition) is 3. The van der Waals surface area contributed by atoms with Crippen molar-refractivity contribution < 1.29 is 4.79 Å². The van der Waals surface area contributed by atoms with Crippen molar-refractivity contribution in [1.82, 2.24) is 19.5 Å². The highest BCUT2D eigenvalue weighted by molar-refractivity contribution is 9.09. The lowest BCUT2D eigenvalue weighted by atomic mass is 9.99. The van der Waals surface area contributed by atoms with Gasteiger partial charge >= 0.3 is 0 Å². The van der Waals surface area contributed by atoms with Crippen molar-refractivity contribution in [3.05, 3.63) is 30.4 Å². The molecule has 1 aliphatic rings. The van der Waals surface area contributed by atoms with Crippen molar-refractivity contribution in [2.45, 2.75) is 12.8 Å². The number of aromatic nitrogens is 3. The predicted octanol–water partition coefficient (Wildman–Crippen LogP) is 1.98. The number of likely N-dealkylation sites (tertiary alicyclic amines) is 1. The Morgan fingerprint density at radius 3 is 3.21 bits per heavy atom. The first-order valence-corrected chi connectivity index (χ1v) is 7.54. The molecule has 3 rings (SSSR count). The van der Waals surface area contributed by atoms with Gasteiger partial charge in [-0.15, -0.1) is 0 Å². The molecular formula is C13H15BrN4O. The van der Waals surface area contributed by atoms with Gasteiger partial charge in [-0.2, -0.15) is 5.10 Å². The van der Waals surface area contributed by atoms with Gasteiger partial charge in [-0.05, 0) is 18.8 Å². The largest absolute Gasteiger partial charge is 0.338 e. The Bertz CT molecular complexity index is 597. The number of alkyl halides is 1. The molecule has 0 saturated carbocycles. The van der Waals surface area contributed by atoms with Gasteiger partial charge in [0, 0.05) is 30.8 Å². The van der Waals surface area contributed by atoms with Gasteiger partial charge in [0.05, 0.1) is 23.5 Å². The fourth-order valence-corrected chi connectivity index (χ4v) is 3.07. The highest BCUT2D eigenvalue weighted by Gasteiger charge is 2.25. The van der Waals surface area contributed by atoms with Gasteiger partial charge in [-0.25, -0.2) is 4.52 Å². The van der Waals surface area contributed by atoms with Crippen LogP contribution in [0.2, 0.25) is 0 Å². The average molecular weight is 323 g/mol. The van der Waals surface area contributed by atoms with Crippen LogP contribution in [-0.4, -0.2) is 43.8 Å². The topological polar surface area (TPSA) is 50.5 Å². The third-order valence-corrected chi connectivity index (χ3v) is 4.50. The molecule has 1 amide bonds. The van der Waals surface area contributed by atoms with E-state index in [1.807, 2.05) is 4.90 Å². The molecule has 1 unspecified atom stereocenters. The second-order valence-electron chi connectivity index (χ2n) is 4.88. The van der Waals surface area contributed by atoms with Crippen LogP contribution >= 0.6 is 15.9 Å². The number of amides is 1. The zero-order valence-electron chi connectivity index (χ0n) is 10.5. The van der Waals surface area contributed by atoms with Crippen molar-refractivity contribution in [3.8, 4) is 0 Å². The van der Waals surface area contributed by atoms with E-state index < -0.39 is 0 Å². The highest BCUT2D eigenvalue weighted by Crippen LogP contribution is 2.21. The van der Waals surface area contributed by atoms with Crippen molar-refractivity contribution in [3.63, 3.8) is 0 Å². The summed E-state index contributed by atoms with van der Waals surface area (Å²) in [5.41, 5.74) is 1.41. The lowest BCUT2D eigenvalue weighted by molar-refractivity contribution is 0.0688. The summed E-state index contributed by atoms with van der Waals surface area (Å²) >= 11 is 3.51. The van der Waals surface area contributed by atoms with E-state index in [-0.39, 0.29) is 5.91 Å². The summed E-state index contributed by atoms with van der Waals surface area (Å²) in [5, 5.41) is 5.15. The van der Waals surface area contributed by atoms with Crippen LogP contribution in [-0.2, 0) is 0 Å². The van der Waals surface area contributed by atoms with Crippen LogP contribution in [0, 0.1) is 5.92 Å². The minimum Gasteiger partial charge on any atom is -0.338 e. The molecule has 0 aliphatic carbocycles. The standard InChI is InChI=1S/C13H15BrN4O/c14-6-10-2-1-4-17(9-10)13(19)11-7-16-18-5-3-15-8-12(11)18/h3,5,7-8,10H,1-2,4,6,9H2. The smallest absolute Gasteiger partial charge is 0.257 e. The van der Waals surface area contributed by atoms with Crippen LogP contribution in [0.4, 0.5) is 0 Å². The molecule has 0 aromatic carbocycles. The minimum atomic E-state index is 0.0636. The number of rotatable bonds is 2. The zero-order valence-corrected chi connectivity index (χ0v) is 12.1. The van der Waals surface area contributed by atoms with Gasteiger partial charge in [0.2, 0.25) is 0 Å². The molecule has 5 nitrogen and oxygen atoms in total. The normalized spacial score (nSPS) is 19.8. The summed E-state index contributed by atoms with van der Waals surface area (Å²) in [4.78, 5) is 18.6. The number of carbonyl (C=O) groups excluding carboxylic acids is 1. The van der Waals surface area contributed by atoms with Crippen LogP contribution in [0.1, 0.15) is 23.2 Å². The lowest BCUT2D eigenvalue weighted by Gasteiger charge is -2.31. The van der Waals surface area contributed by atoms with Gasteiger partial charge in [-0.1, -0.05) is 15.9 Å². The van der Waals surface area contributed by atoms with Crippen molar-refractivity contribution >= 4 is 27.4 Å². The Hall–Kier alpha value is -1.43. The molecule has 0 radical (unpaired) electrons. The van der Waals surface area contributed by atoms with Crippen LogP contribution in [0.3, 0.4) is 0 Å². The summed E-state index contributed by atoms with van der Waals surface area (Å²) in [7, 11) is 0. The summed E-state index contributed by atoms with van der Waals surface area (Å²) in [6.45, 7) is 1.65. The molecule has 0 spiro atoms. The monoisotopic (exact) mass is 322 g/mol. The third kappa shape index (κ3) is 2.36. The molecule has 1 fully saturated rings. The Morgan fingerprint density at radius 1 is 1.47 bits per heavy atom. The maximum Gasteiger partial charge on any atom is 0.257 e. The second-order valence-corrected chi connectivity index (χ2v) is 5.53. The second kappa shape index (κ2) is 5.28. The average Bonchev–Trinajstić information content (AvgIpc) is 2.90. The van der Waals surface area contributed by atoms with Gasteiger partial charge < -0.3 is 4.90 Å². The van der Waals surface area contributed by atoms with E-state index >= 15 is 0 Å². The molecule has 19 heavy (non-hydrogen) atoms. The zero-order chi connectivity index (χ0) is 13.2. The Balaban J connectivity index is 1.87. The van der Waals surface area contributed by atoms with E-state index in [9.17, 15) is 4.79 Å². The number of piperidine rings is 1. The third-order valence-electron chi connectivity index (χ3n) is 3.58. The number of carbonyl (C=O) groups is 1. The van der Waals surface area contributed by atoms with Crippen molar-refractivity contribution in [1.29, 1.82) is 0 Å². The van der Waals surface area contributed by atoms with Crippen molar-refractivity contribution in [2.24, 2.45) is 5.92 Å². The van der Waals surface area contributed by atoms with Crippen LogP contribution in [0.15, 0.2) is 24.8 Å². The number of hydrogen-bond donors (Lipinski definition) is 0.